The summed E-state index contributed by atoms with van der Waals surface area (Å²) in [5.74, 6) is 0. The van der Waals surface area contributed by atoms with Crippen molar-refractivity contribution in [1.29, 1.82) is 5.26 Å². The fraction of sp³-hybridized carbons (Fsp3) is 0.143. The molecule has 1 N–H and O–H groups in total. The van der Waals surface area contributed by atoms with Crippen molar-refractivity contribution in [3.63, 3.8) is 0 Å². The molecule has 0 amide bonds. The van der Waals surface area contributed by atoms with Crippen molar-refractivity contribution in [3.8, 4) is 6.07 Å². The minimum Gasteiger partial charge on any atom is -0.353 e. The van der Waals surface area contributed by atoms with Crippen LogP contribution in [0.15, 0.2) is 41.1 Å². The number of rotatable bonds is 3. The first-order chi connectivity index (χ1) is 8.74. The highest BCUT2D eigenvalue weighted by Gasteiger charge is 2.05. The van der Waals surface area contributed by atoms with Gasteiger partial charge in [-0.05, 0) is 36.2 Å². The molecule has 0 radical (unpaired) electrons. The van der Waals surface area contributed by atoms with Crippen LogP contribution in [0.25, 0.3) is 0 Å². The number of pyridine rings is 1. The Labute approximate surface area is 115 Å². The highest BCUT2D eigenvalue weighted by atomic mass is 79.9. The van der Waals surface area contributed by atoms with Crippen LogP contribution in [0.2, 0.25) is 0 Å². The Morgan fingerprint density at radius 3 is 2.89 bits per heavy atom. The van der Waals surface area contributed by atoms with Gasteiger partial charge in [0.1, 0.15) is 6.07 Å². The topological polar surface area (TPSA) is 48.7 Å². The molecular weight excluding hydrogens is 290 g/mol. The lowest BCUT2D eigenvalue weighted by molar-refractivity contribution is 1.14. The third kappa shape index (κ3) is 2.69. The number of halogens is 1. The molecule has 2 aromatic rings. The van der Waals surface area contributed by atoms with Gasteiger partial charge < -0.3 is 5.32 Å². The minimum absolute atomic E-state index is 0.593. The molecule has 0 spiro atoms. The average Bonchev–Trinajstić information content (AvgIpc) is 2.41. The molecule has 0 aliphatic rings. The van der Waals surface area contributed by atoms with E-state index in [1.807, 2.05) is 12.1 Å². The molecule has 18 heavy (non-hydrogen) atoms. The predicted molar refractivity (Wildman–Crippen MR) is 75.8 cm³/mol. The summed E-state index contributed by atoms with van der Waals surface area (Å²) >= 11 is 3.46. The van der Waals surface area contributed by atoms with Crippen LogP contribution >= 0.6 is 15.9 Å². The number of aromatic nitrogens is 1. The van der Waals surface area contributed by atoms with Crippen LogP contribution in [0.4, 0.5) is 11.4 Å². The fourth-order valence-electron chi connectivity index (χ4n) is 1.71. The first kappa shape index (κ1) is 12.6. The monoisotopic (exact) mass is 301 g/mol. The summed E-state index contributed by atoms with van der Waals surface area (Å²) in [4.78, 5) is 4.04. The zero-order valence-corrected chi connectivity index (χ0v) is 11.5. The first-order valence-electron chi connectivity index (χ1n) is 5.64. The van der Waals surface area contributed by atoms with E-state index in [2.05, 4.69) is 45.3 Å². The van der Waals surface area contributed by atoms with E-state index in [0.717, 1.165) is 22.3 Å². The SMILES string of the molecule is CCc1cc(Br)ccc1Nc1cnccc1C#N. The van der Waals surface area contributed by atoms with Crippen molar-refractivity contribution in [2.24, 2.45) is 0 Å². The summed E-state index contributed by atoms with van der Waals surface area (Å²) in [6.45, 7) is 2.10. The van der Waals surface area contributed by atoms with Gasteiger partial charge in [0.15, 0.2) is 0 Å². The largest absolute Gasteiger partial charge is 0.353 e. The molecule has 0 aliphatic carbocycles. The Morgan fingerprint density at radius 1 is 1.33 bits per heavy atom. The van der Waals surface area contributed by atoms with Crippen LogP contribution in [0.3, 0.4) is 0 Å². The predicted octanol–water partition coefficient (Wildman–Crippen LogP) is 4.02. The molecule has 3 nitrogen and oxygen atoms in total. The highest BCUT2D eigenvalue weighted by molar-refractivity contribution is 9.10. The first-order valence-corrected chi connectivity index (χ1v) is 6.43. The Bertz CT molecular complexity index is 602. The van der Waals surface area contributed by atoms with Crippen molar-refractivity contribution in [1.82, 2.24) is 4.98 Å². The number of benzene rings is 1. The lowest BCUT2D eigenvalue weighted by Gasteiger charge is -2.12. The van der Waals surface area contributed by atoms with Crippen molar-refractivity contribution in [3.05, 3.63) is 52.3 Å². The molecule has 1 aromatic heterocycles. The van der Waals surface area contributed by atoms with E-state index in [4.69, 9.17) is 5.26 Å². The number of aryl methyl sites for hydroxylation is 1. The van der Waals surface area contributed by atoms with Crippen LogP contribution in [0.1, 0.15) is 18.1 Å². The third-order valence-electron chi connectivity index (χ3n) is 2.66. The maximum atomic E-state index is 9.04. The normalized spacial score (nSPS) is 9.83. The number of hydrogen-bond donors (Lipinski definition) is 1. The van der Waals surface area contributed by atoms with Crippen molar-refractivity contribution >= 4 is 27.3 Å². The average molecular weight is 302 g/mol. The molecule has 1 heterocycles. The van der Waals surface area contributed by atoms with Gasteiger partial charge in [0, 0.05) is 16.4 Å². The van der Waals surface area contributed by atoms with Gasteiger partial charge in [0.05, 0.1) is 17.4 Å². The molecule has 2 rings (SSSR count). The molecule has 90 valence electrons. The minimum atomic E-state index is 0.593. The Balaban J connectivity index is 2.37. The molecule has 0 atom stereocenters. The van der Waals surface area contributed by atoms with Crippen LogP contribution in [0.5, 0.6) is 0 Å². The van der Waals surface area contributed by atoms with E-state index < -0.39 is 0 Å². The Kier molecular flexibility index (Phi) is 3.96. The van der Waals surface area contributed by atoms with Crippen molar-refractivity contribution in [2.45, 2.75) is 13.3 Å². The second-order valence-corrected chi connectivity index (χ2v) is 4.73. The quantitative estimate of drug-likeness (QED) is 0.931. The molecule has 0 saturated carbocycles. The summed E-state index contributed by atoms with van der Waals surface area (Å²) in [6, 6.07) is 9.90. The van der Waals surface area contributed by atoms with Crippen LogP contribution in [-0.2, 0) is 6.42 Å². The van der Waals surface area contributed by atoms with Gasteiger partial charge >= 0.3 is 0 Å². The summed E-state index contributed by atoms with van der Waals surface area (Å²) in [7, 11) is 0. The standard InChI is InChI=1S/C14H12BrN3/c1-2-10-7-12(15)3-4-13(10)18-14-9-17-6-5-11(14)8-16/h3-7,9,18H,2H2,1H3. The maximum Gasteiger partial charge on any atom is 0.101 e. The Morgan fingerprint density at radius 2 is 2.17 bits per heavy atom. The number of anilines is 2. The Hall–Kier alpha value is -1.86. The molecule has 0 unspecified atom stereocenters. The second-order valence-electron chi connectivity index (χ2n) is 3.81. The van der Waals surface area contributed by atoms with E-state index in [-0.39, 0.29) is 0 Å². The van der Waals surface area contributed by atoms with Crippen molar-refractivity contribution < 1.29 is 0 Å². The summed E-state index contributed by atoms with van der Waals surface area (Å²) < 4.78 is 1.05. The zero-order chi connectivity index (χ0) is 13.0. The number of nitrogens with one attached hydrogen (secondary N) is 1. The van der Waals surface area contributed by atoms with E-state index in [9.17, 15) is 0 Å². The summed E-state index contributed by atoms with van der Waals surface area (Å²) in [5.41, 5.74) is 3.52. The van der Waals surface area contributed by atoms with Crippen LogP contribution in [0, 0.1) is 11.3 Å². The molecule has 0 saturated heterocycles. The molecule has 0 bridgehead atoms. The highest BCUT2D eigenvalue weighted by Crippen LogP contribution is 2.26. The number of nitrogens with zero attached hydrogens (tertiary/aromatic N) is 2. The lowest BCUT2D eigenvalue weighted by atomic mass is 10.1. The number of nitriles is 1. The van der Waals surface area contributed by atoms with Gasteiger partial charge in [0.25, 0.3) is 0 Å². The molecule has 0 aliphatic heterocycles. The van der Waals surface area contributed by atoms with Crippen LogP contribution < -0.4 is 5.32 Å². The second kappa shape index (κ2) is 5.65. The van der Waals surface area contributed by atoms with E-state index in [0.29, 0.717) is 5.56 Å². The fourth-order valence-corrected chi connectivity index (χ4v) is 2.12. The smallest absolute Gasteiger partial charge is 0.101 e. The van der Waals surface area contributed by atoms with E-state index >= 15 is 0 Å². The van der Waals surface area contributed by atoms with Gasteiger partial charge in [-0.15, -0.1) is 0 Å². The summed E-state index contributed by atoms with van der Waals surface area (Å²) in [5, 5.41) is 12.3. The summed E-state index contributed by atoms with van der Waals surface area (Å²) in [6.07, 6.45) is 4.20. The van der Waals surface area contributed by atoms with Gasteiger partial charge in [-0.3, -0.25) is 4.98 Å². The maximum absolute atomic E-state index is 9.04. The van der Waals surface area contributed by atoms with Gasteiger partial charge in [-0.25, -0.2) is 0 Å². The number of hydrogen-bond acceptors (Lipinski definition) is 3. The van der Waals surface area contributed by atoms with E-state index in [1.165, 1.54) is 5.56 Å². The molecule has 1 aromatic carbocycles. The lowest BCUT2D eigenvalue weighted by Crippen LogP contribution is -1.98. The van der Waals surface area contributed by atoms with E-state index in [1.54, 1.807) is 18.5 Å². The third-order valence-corrected chi connectivity index (χ3v) is 3.15. The van der Waals surface area contributed by atoms with Gasteiger partial charge in [-0.1, -0.05) is 22.9 Å². The molecule has 4 heteroatoms. The molecule has 0 fully saturated rings. The van der Waals surface area contributed by atoms with Crippen LogP contribution in [-0.4, -0.2) is 4.98 Å². The molecular formula is C14H12BrN3. The van der Waals surface area contributed by atoms with Gasteiger partial charge in [-0.2, -0.15) is 5.26 Å². The van der Waals surface area contributed by atoms with Crippen molar-refractivity contribution in [2.75, 3.05) is 5.32 Å². The zero-order valence-electron chi connectivity index (χ0n) is 9.94. The van der Waals surface area contributed by atoms with Gasteiger partial charge in [0.2, 0.25) is 0 Å².